The Balaban J connectivity index is -0.0000000200. The first-order valence-corrected chi connectivity index (χ1v) is 0.836. The largest absolute Gasteiger partial charge is 2.00 e. The number of hydrogen-bond acceptors (Lipinski definition) is 1. The quantitative estimate of drug-likeness (QED) is 0.652. The Bertz CT molecular complexity index is 9.61. The van der Waals surface area contributed by atoms with Gasteiger partial charge >= 0.3 is 21.1 Å². The second-order valence-electron chi connectivity index (χ2n) is 0.258. The van der Waals surface area contributed by atoms with Crippen LogP contribution < -0.4 is 0 Å². The third-order valence-electron chi connectivity index (χ3n) is 0. The normalized spacial score (nSPS) is 3.60. The summed E-state index contributed by atoms with van der Waals surface area (Å²) in [5, 5.41) is 7.44. The average molecular weight is 256 g/mol. The molecule has 0 aromatic carbocycles. The molecule has 2 nitrogen and oxygen atoms in total. The third kappa shape index (κ3) is 84.7. The molecule has 0 aromatic heterocycles. The third-order valence-corrected chi connectivity index (χ3v) is 0. The molecule has 0 rings (SSSR count). The zero-order chi connectivity index (χ0) is 2.71. The summed E-state index contributed by atoms with van der Waals surface area (Å²) in [5.41, 5.74) is 0. The minimum Gasteiger partial charge on any atom is -0.693 e. The van der Waals surface area contributed by atoms with Gasteiger partial charge in [-0.05, 0) is 0 Å². The van der Waals surface area contributed by atoms with Crippen molar-refractivity contribution < 1.29 is 26.2 Å². The van der Waals surface area contributed by atoms with Crippen molar-refractivity contribution in [3.63, 3.8) is 0 Å². The fraction of sp³-hybridized carbons (Fsp3) is 0.500. The molecule has 0 radical (unpaired) electrons. The molecule has 0 bridgehead atoms. The van der Waals surface area contributed by atoms with Gasteiger partial charge in [-0.15, -0.1) is 0 Å². The molecule has 0 aliphatic rings. The summed E-state index contributed by atoms with van der Waals surface area (Å²) >= 11 is 0. The predicted molar refractivity (Wildman–Crippen MR) is 17.2 cm³/mol. The Kier molecular flexibility index (Phi) is 81.2. The van der Waals surface area contributed by atoms with Crippen LogP contribution in [0.3, 0.4) is 0 Å². The van der Waals surface area contributed by atoms with Crippen LogP contribution in [0.5, 0.6) is 0 Å². The molecule has 0 saturated heterocycles. The molecule has 0 aliphatic carbocycles. The van der Waals surface area contributed by atoms with E-state index in [9.17, 15) is 0 Å². The molecule has 0 unspecified atom stereocenters. The van der Waals surface area contributed by atoms with Crippen LogP contribution in [0, 0.1) is 6.61 Å². The number of aliphatic hydroxyl groups excluding tert-OH is 1. The van der Waals surface area contributed by atoms with Crippen LogP contribution in [0.15, 0.2) is 0 Å². The van der Waals surface area contributed by atoms with Crippen molar-refractivity contribution in [3.8, 4) is 0 Å². The van der Waals surface area contributed by atoms with Gasteiger partial charge in [0.2, 0.25) is 0 Å². The van der Waals surface area contributed by atoms with Crippen molar-refractivity contribution in [2.24, 2.45) is 0 Å². The topological polar surface area (TPSA) is 53.7 Å². The summed E-state index contributed by atoms with van der Waals surface area (Å²) in [6.45, 7) is 2.56. The zero-order valence-electron chi connectivity index (χ0n) is 2.92. The van der Waals surface area contributed by atoms with Crippen LogP contribution in [0.25, 0.3) is 6.15 Å². The second kappa shape index (κ2) is 23.2. The van der Waals surface area contributed by atoms with Gasteiger partial charge in [0, 0.05) is 0 Å². The molecule has 0 saturated carbocycles. The van der Waals surface area contributed by atoms with Crippen LogP contribution in [0.2, 0.25) is 0 Å². The molecule has 0 atom stereocenters. The van der Waals surface area contributed by atoms with E-state index in [1.54, 1.807) is 6.92 Å². The van der Waals surface area contributed by atoms with Gasteiger partial charge in [-0.25, -0.2) is 6.61 Å². The molecule has 0 heterocycles. The summed E-state index contributed by atoms with van der Waals surface area (Å²) < 4.78 is 0. The van der Waals surface area contributed by atoms with Crippen LogP contribution in [0.1, 0.15) is 6.92 Å². The molecule has 0 aromatic rings. The summed E-state index contributed by atoms with van der Waals surface area (Å²) in [4.78, 5) is 0. The Morgan fingerprint density at radius 3 is 1.60 bits per heavy atom. The SMILES string of the molecule is C[CH-]O.[NH2-].[Pt+2]. The minimum absolute atomic E-state index is 0. The van der Waals surface area contributed by atoms with Crippen molar-refractivity contribution in [2.75, 3.05) is 0 Å². The monoisotopic (exact) mass is 256 g/mol. The molecule has 3 heteroatoms. The fourth-order valence-electron chi connectivity index (χ4n) is 0. The van der Waals surface area contributed by atoms with Crippen LogP contribution in [-0.2, 0) is 21.1 Å². The Morgan fingerprint density at radius 2 is 1.60 bits per heavy atom. The molecular weight excluding hydrogens is 249 g/mol. The van der Waals surface area contributed by atoms with Gasteiger partial charge in [-0.2, -0.15) is 6.92 Å². The maximum atomic E-state index is 7.44. The summed E-state index contributed by atoms with van der Waals surface area (Å²) in [5.74, 6) is 0. The minimum atomic E-state index is 0. The zero-order valence-corrected chi connectivity index (χ0v) is 5.19. The van der Waals surface area contributed by atoms with Gasteiger partial charge in [0.1, 0.15) is 0 Å². The van der Waals surface area contributed by atoms with E-state index in [4.69, 9.17) is 5.11 Å². The molecule has 5 heavy (non-hydrogen) atoms. The number of rotatable bonds is 0. The number of nitrogens with two attached hydrogens (primary N) is 1. The standard InChI is InChI=1S/C2H5O.H2N.Pt/c1-2-3;;/h2-3H,1H3;1H2;/q2*-1;+2. The number of hydrogen-bond donors (Lipinski definition) is 1. The van der Waals surface area contributed by atoms with Crippen molar-refractivity contribution >= 4 is 0 Å². The van der Waals surface area contributed by atoms with Crippen molar-refractivity contribution in [1.29, 1.82) is 0 Å². The Morgan fingerprint density at radius 1 is 1.60 bits per heavy atom. The molecule has 0 fully saturated rings. The van der Waals surface area contributed by atoms with Gasteiger partial charge in [-0.1, -0.05) is 0 Å². The Labute approximate surface area is 46.4 Å². The van der Waals surface area contributed by atoms with Crippen molar-refractivity contribution in [1.82, 2.24) is 0 Å². The van der Waals surface area contributed by atoms with Gasteiger partial charge in [0.05, 0.1) is 0 Å². The molecular formula is C2H7NOPt. The van der Waals surface area contributed by atoms with Crippen molar-refractivity contribution in [2.45, 2.75) is 6.92 Å². The molecule has 3 N–H and O–H groups in total. The van der Waals surface area contributed by atoms with Crippen LogP contribution in [-0.4, -0.2) is 5.11 Å². The van der Waals surface area contributed by atoms with E-state index in [1.165, 1.54) is 0 Å². The van der Waals surface area contributed by atoms with E-state index in [2.05, 4.69) is 0 Å². The van der Waals surface area contributed by atoms with E-state index in [-0.39, 0.29) is 27.2 Å². The average Bonchev–Trinajstić information content (AvgIpc) is 0.918. The van der Waals surface area contributed by atoms with E-state index in [1.807, 2.05) is 0 Å². The van der Waals surface area contributed by atoms with E-state index in [0.29, 0.717) is 0 Å². The van der Waals surface area contributed by atoms with Crippen LogP contribution in [0.4, 0.5) is 0 Å². The smallest absolute Gasteiger partial charge is 0.693 e. The fourth-order valence-corrected chi connectivity index (χ4v) is 0. The Hall–Kier alpha value is 0.608. The first-order valence-electron chi connectivity index (χ1n) is 0.836. The molecule has 0 aliphatic heterocycles. The van der Waals surface area contributed by atoms with Gasteiger partial charge in [0.25, 0.3) is 0 Å². The van der Waals surface area contributed by atoms with E-state index in [0.717, 1.165) is 6.61 Å². The van der Waals surface area contributed by atoms with Crippen LogP contribution >= 0.6 is 0 Å². The maximum absolute atomic E-state index is 7.44. The van der Waals surface area contributed by atoms with Gasteiger partial charge in [0.15, 0.2) is 0 Å². The number of aliphatic hydroxyl groups is 1. The first-order chi connectivity index (χ1) is 1.41. The molecule has 0 spiro atoms. The second-order valence-corrected chi connectivity index (χ2v) is 0.258. The van der Waals surface area contributed by atoms with Gasteiger partial charge < -0.3 is 11.3 Å². The maximum Gasteiger partial charge on any atom is 2.00 e. The van der Waals surface area contributed by atoms with E-state index < -0.39 is 0 Å². The molecule has 36 valence electrons. The summed E-state index contributed by atoms with van der Waals surface area (Å²) in [7, 11) is 0. The predicted octanol–water partition coefficient (Wildman–Crippen LogP) is 1.26. The summed E-state index contributed by atoms with van der Waals surface area (Å²) in [6, 6.07) is 0. The van der Waals surface area contributed by atoms with E-state index >= 15 is 0 Å². The van der Waals surface area contributed by atoms with Crippen molar-refractivity contribution in [3.05, 3.63) is 12.8 Å². The van der Waals surface area contributed by atoms with Gasteiger partial charge in [-0.3, -0.25) is 0 Å². The summed E-state index contributed by atoms with van der Waals surface area (Å²) in [6.07, 6.45) is 0. The molecule has 0 amide bonds. The first kappa shape index (κ1) is 17.5.